The molecular weight excluding hydrogens is 472 g/mol. The Morgan fingerprint density at radius 2 is 1.57 bits per heavy atom. The van der Waals surface area contributed by atoms with Crippen molar-refractivity contribution in [1.82, 2.24) is 5.43 Å². The number of hydrogen-bond donors (Lipinski definition) is 1. The minimum atomic E-state index is -0.509. The third kappa shape index (κ3) is 5.50. The number of hydrazine groups is 1. The molecule has 180 valence electrons. The van der Waals surface area contributed by atoms with Crippen LogP contribution in [0.15, 0.2) is 72.3 Å². The van der Waals surface area contributed by atoms with Crippen molar-refractivity contribution in [3.63, 3.8) is 0 Å². The number of rotatable bonds is 9. The second-order valence-electron chi connectivity index (χ2n) is 7.38. The van der Waals surface area contributed by atoms with Crippen molar-refractivity contribution in [2.45, 2.75) is 0 Å². The molecule has 3 aromatic rings. The maximum atomic E-state index is 12.8. The first-order valence-corrected chi connectivity index (χ1v) is 11.1. The number of carbonyl (C=O) groups is 2. The highest BCUT2D eigenvalue weighted by Gasteiger charge is 2.34. The summed E-state index contributed by atoms with van der Waals surface area (Å²) >= 11 is 6.44. The topological polar surface area (TPSA) is 86.3 Å². The molecule has 0 bridgehead atoms. The second kappa shape index (κ2) is 10.8. The smallest absolute Gasteiger partial charge is 0.282 e. The van der Waals surface area contributed by atoms with E-state index in [1.54, 1.807) is 67.8 Å². The van der Waals surface area contributed by atoms with Gasteiger partial charge in [-0.2, -0.15) is 0 Å². The number of anilines is 1. The zero-order chi connectivity index (χ0) is 24.8. The summed E-state index contributed by atoms with van der Waals surface area (Å²) in [6.07, 6.45) is 1.46. The van der Waals surface area contributed by atoms with Crippen LogP contribution in [-0.2, 0) is 9.59 Å². The first-order valence-electron chi connectivity index (χ1n) is 10.7. The van der Waals surface area contributed by atoms with Crippen LogP contribution in [0.4, 0.5) is 5.69 Å². The van der Waals surface area contributed by atoms with E-state index in [0.29, 0.717) is 28.5 Å². The lowest BCUT2D eigenvalue weighted by atomic mass is 10.1. The van der Waals surface area contributed by atoms with E-state index in [0.717, 1.165) is 5.75 Å². The van der Waals surface area contributed by atoms with Gasteiger partial charge in [-0.1, -0.05) is 29.8 Å². The van der Waals surface area contributed by atoms with Gasteiger partial charge >= 0.3 is 0 Å². The average molecular weight is 495 g/mol. The molecule has 3 aromatic carbocycles. The summed E-state index contributed by atoms with van der Waals surface area (Å²) < 4.78 is 22.0. The normalized spacial score (nSPS) is 14.1. The molecule has 35 heavy (non-hydrogen) atoms. The predicted octanol–water partition coefficient (Wildman–Crippen LogP) is 4.28. The van der Waals surface area contributed by atoms with Gasteiger partial charge in [0.1, 0.15) is 30.3 Å². The van der Waals surface area contributed by atoms with Gasteiger partial charge in [0.05, 0.1) is 24.9 Å². The highest BCUT2D eigenvalue weighted by molar-refractivity contribution is 6.33. The largest absolute Gasteiger partial charge is 0.497 e. The minimum absolute atomic E-state index is 0.0199. The number of amides is 2. The van der Waals surface area contributed by atoms with Crippen LogP contribution in [0, 0.1) is 0 Å². The molecule has 2 amide bonds. The summed E-state index contributed by atoms with van der Waals surface area (Å²) in [6, 6.07) is 19.3. The van der Waals surface area contributed by atoms with Gasteiger partial charge in [-0.05, 0) is 60.2 Å². The quantitative estimate of drug-likeness (QED) is 0.271. The van der Waals surface area contributed by atoms with E-state index in [-0.39, 0.29) is 23.8 Å². The molecule has 0 radical (unpaired) electrons. The van der Waals surface area contributed by atoms with Crippen LogP contribution in [-0.4, -0.2) is 39.2 Å². The molecule has 0 spiro atoms. The van der Waals surface area contributed by atoms with E-state index in [2.05, 4.69) is 5.43 Å². The third-order valence-electron chi connectivity index (χ3n) is 5.13. The molecule has 1 heterocycles. The van der Waals surface area contributed by atoms with E-state index in [9.17, 15) is 9.59 Å². The molecule has 0 saturated carbocycles. The Balaban J connectivity index is 1.44. The maximum Gasteiger partial charge on any atom is 0.282 e. The number of methoxy groups -OCH3 is 2. The van der Waals surface area contributed by atoms with Gasteiger partial charge in [-0.3, -0.25) is 15.0 Å². The molecule has 1 saturated heterocycles. The standard InChI is InChI=1S/C26H23ClN2O6/c1-32-19-8-10-20(11-9-19)34-12-13-35-24-22(27)15-17(16-23(24)33-2)14-21-25(30)28-29(26(21)31)18-6-4-3-5-7-18/h3-11,14-16H,12-13H2,1-2H3,(H,28,30). The Bertz CT molecular complexity index is 1240. The molecule has 0 unspecified atom stereocenters. The zero-order valence-corrected chi connectivity index (χ0v) is 19.9. The Morgan fingerprint density at radius 1 is 0.886 bits per heavy atom. The number of nitrogens with zero attached hydrogens (tertiary/aromatic N) is 1. The molecule has 1 aliphatic heterocycles. The van der Waals surface area contributed by atoms with Crippen molar-refractivity contribution < 1.29 is 28.5 Å². The summed E-state index contributed by atoms with van der Waals surface area (Å²) in [6.45, 7) is 0.497. The van der Waals surface area contributed by atoms with Crippen LogP contribution in [0.25, 0.3) is 6.08 Å². The maximum absolute atomic E-state index is 12.8. The molecule has 0 aliphatic carbocycles. The van der Waals surface area contributed by atoms with Gasteiger partial charge in [-0.25, -0.2) is 5.01 Å². The molecule has 4 rings (SSSR count). The Kier molecular flexibility index (Phi) is 7.42. The van der Waals surface area contributed by atoms with Gasteiger partial charge < -0.3 is 18.9 Å². The summed E-state index contributed by atoms with van der Waals surface area (Å²) in [4.78, 5) is 25.3. The lowest BCUT2D eigenvalue weighted by Gasteiger charge is -2.14. The molecule has 1 N–H and O–H groups in total. The van der Waals surface area contributed by atoms with Crippen molar-refractivity contribution in [2.24, 2.45) is 0 Å². The number of nitrogens with one attached hydrogen (secondary N) is 1. The van der Waals surface area contributed by atoms with E-state index in [1.807, 2.05) is 6.07 Å². The van der Waals surface area contributed by atoms with Crippen LogP contribution >= 0.6 is 11.6 Å². The van der Waals surface area contributed by atoms with Crippen LogP contribution in [0.5, 0.6) is 23.0 Å². The fourth-order valence-corrected chi connectivity index (χ4v) is 3.69. The Hall–Kier alpha value is -4.17. The number of ether oxygens (including phenoxy) is 4. The first kappa shape index (κ1) is 24.0. The lowest BCUT2D eigenvalue weighted by Crippen LogP contribution is -2.35. The first-order chi connectivity index (χ1) is 17.0. The van der Waals surface area contributed by atoms with Crippen LogP contribution < -0.4 is 29.4 Å². The van der Waals surface area contributed by atoms with Crippen molar-refractivity contribution >= 4 is 35.2 Å². The van der Waals surface area contributed by atoms with E-state index in [1.165, 1.54) is 18.2 Å². The molecule has 0 atom stereocenters. The molecule has 0 aromatic heterocycles. The average Bonchev–Trinajstić information content (AvgIpc) is 3.16. The van der Waals surface area contributed by atoms with Crippen molar-refractivity contribution in [3.05, 3.63) is 82.9 Å². The second-order valence-corrected chi connectivity index (χ2v) is 7.79. The van der Waals surface area contributed by atoms with E-state index >= 15 is 0 Å². The van der Waals surface area contributed by atoms with Crippen molar-refractivity contribution in [3.8, 4) is 23.0 Å². The summed E-state index contributed by atoms with van der Waals surface area (Å²) in [5, 5.41) is 1.47. The number of hydrogen-bond acceptors (Lipinski definition) is 6. The summed E-state index contributed by atoms with van der Waals surface area (Å²) in [5.41, 5.74) is 3.62. The van der Waals surface area contributed by atoms with Crippen LogP contribution in [0.1, 0.15) is 5.56 Å². The Labute approximate surface area is 207 Å². The Morgan fingerprint density at radius 3 is 2.26 bits per heavy atom. The third-order valence-corrected chi connectivity index (χ3v) is 5.41. The van der Waals surface area contributed by atoms with Crippen molar-refractivity contribution in [1.29, 1.82) is 0 Å². The minimum Gasteiger partial charge on any atom is -0.497 e. The monoisotopic (exact) mass is 494 g/mol. The molecular formula is C26H23ClN2O6. The molecule has 1 fully saturated rings. The number of benzene rings is 3. The van der Waals surface area contributed by atoms with Crippen molar-refractivity contribution in [2.75, 3.05) is 32.4 Å². The fourth-order valence-electron chi connectivity index (χ4n) is 3.42. The number of para-hydroxylation sites is 1. The summed E-state index contributed by atoms with van der Waals surface area (Å²) in [5.74, 6) is 1.14. The number of halogens is 1. The SMILES string of the molecule is COc1ccc(OCCOc2c(Cl)cc(C=C3C(=O)NN(c4ccccc4)C3=O)cc2OC)cc1. The molecule has 8 nitrogen and oxygen atoms in total. The molecule has 9 heteroatoms. The van der Waals surface area contributed by atoms with Gasteiger partial charge in [0.15, 0.2) is 11.5 Å². The van der Waals surface area contributed by atoms with Gasteiger partial charge in [-0.15, -0.1) is 0 Å². The fraction of sp³-hybridized carbons (Fsp3) is 0.154. The number of carbonyl (C=O) groups excluding carboxylic acids is 2. The van der Waals surface area contributed by atoms with Gasteiger partial charge in [0.2, 0.25) is 0 Å². The highest BCUT2D eigenvalue weighted by atomic mass is 35.5. The van der Waals surface area contributed by atoms with Crippen LogP contribution in [0.2, 0.25) is 5.02 Å². The van der Waals surface area contributed by atoms with Crippen LogP contribution in [0.3, 0.4) is 0 Å². The van der Waals surface area contributed by atoms with Gasteiger partial charge in [0.25, 0.3) is 11.8 Å². The van der Waals surface area contributed by atoms with Gasteiger partial charge in [0, 0.05) is 0 Å². The molecule has 1 aliphatic rings. The van der Waals surface area contributed by atoms with E-state index in [4.69, 9.17) is 30.5 Å². The zero-order valence-electron chi connectivity index (χ0n) is 19.1. The van der Waals surface area contributed by atoms with E-state index < -0.39 is 11.8 Å². The lowest BCUT2D eigenvalue weighted by molar-refractivity contribution is -0.117. The summed E-state index contributed by atoms with van der Waals surface area (Å²) in [7, 11) is 3.08. The predicted molar refractivity (Wildman–Crippen MR) is 132 cm³/mol. The highest BCUT2D eigenvalue weighted by Crippen LogP contribution is 2.37.